The van der Waals surface area contributed by atoms with Crippen LogP contribution >= 0.6 is 0 Å². The summed E-state index contributed by atoms with van der Waals surface area (Å²) in [5.74, 6) is -2.17. The van der Waals surface area contributed by atoms with Gasteiger partial charge in [0, 0.05) is 19.6 Å². The summed E-state index contributed by atoms with van der Waals surface area (Å²) >= 11 is 0. The van der Waals surface area contributed by atoms with E-state index < -0.39 is 38.6 Å². The van der Waals surface area contributed by atoms with E-state index in [4.69, 9.17) is 0 Å². The van der Waals surface area contributed by atoms with Gasteiger partial charge in [0.05, 0.1) is 23.6 Å². The van der Waals surface area contributed by atoms with Crippen LogP contribution in [0.25, 0.3) is 0 Å². The molecule has 9 heteroatoms. The molecule has 1 saturated heterocycles. The van der Waals surface area contributed by atoms with E-state index in [-0.39, 0.29) is 18.7 Å². The van der Waals surface area contributed by atoms with Gasteiger partial charge in [-0.3, -0.25) is 0 Å². The maximum atomic E-state index is 13.8. The van der Waals surface area contributed by atoms with Gasteiger partial charge in [-0.1, -0.05) is 12.1 Å². The van der Waals surface area contributed by atoms with E-state index in [1.807, 2.05) is 0 Å². The van der Waals surface area contributed by atoms with Crippen molar-refractivity contribution in [1.29, 1.82) is 0 Å². The molecule has 27 heavy (non-hydrogen) atoms. The van der Waals surface area contributed by atoms with Gasteiger partial charge in [0.1, 0.15) is 11.6 Å². The lowest BCUT2D eigenvalue weighted by Gasteiger charge is -2.35. The number of halogens is 2. The average molecular weight is 396 g/mol. The van der Waals surface area contributed by atoms with Gasteiger partial charge < -0.3 is 10.1 Å². The minimum atomic E-state index is -4.25. The predicted molar refractivity (Wildman–Crippen MR) is 93.6 cm³/mol. The third-order valence-electron chi connectivity index (χ3n) is 4.36. The van der Waals surface area contributed by atoms with Gasteiger partial charge in [-0.25, -0.2) is 22.0 Å². The summed E-state index contributed by atoms with van der Waals surface area (Å²) in [6, 6.07) is 7.80. The van der Waals surface area contributed by atoms with Gasteiger partial charge >= 0.3 is 5.97 Å². The molecule has 6 nitrogen and oxygen atoms in total. The van der Waals surface area contributed by atoms with Crippen LogP contribution in [0.5, 0.6) is 0 Å². The first-order valence-corrected chi connectivity index (χ1v) is 9.64. The molecule has 1 atom stereocenters. The van der Waals surface area contributed by atoms with E-state index in [0.29, 0.717) is 12.1 Å². The first-order valence-electron chi connectivity index (χ1n) is 8.20. The smallest absolute Gasteiger partial charge is 0.339 e. The van der Waals surface area contributed by atoms with E-state index in [0.717, 1.165) is 29.6 Å². The van der Waals surface area contributed by atoms with Crippen LogP contribution in [0.3, 0.4) is 0 Å². The normalized spacial score (nSPS) is 18.3. The molecule has 0 aliphatic carbocycles. The lowest BCUT2D eigenvalue weighted by Crippen LogP contribution is -2.48. The zero-order chi connectivity index (χ0) is 19.6. The van der Waals surface area contributed by atoms with Gasteiger partial charge in [0.2, 0.25) is 10.0 Å². The molecule has 1 aliphatic heterocycles. The van der Waals surface area contributed by atoms with Gasteiger partial charge in [-0.15, -0.1) is 0 Å². The molecule has 1 N–H and O–H groups in total. The van der Waals surface area contributed by atoms with Gasteiger partial charge in [0.25, 0.3) is 0 Å². The number of carbonyl (C=O) groups excluding carboxylic acids is 1. The highest BCUT2D eigenvalue weighted by Gasteiger charge is 2.37. The summed E-state index contributed by atoms with van der Waals surface area (Å²) in [4.78, 5) is 11.5. The van der Waals surface area contributed by atoms with E-state index in [1.54, 1.807) is 6.07 Å². The third kappa shape index (κ3) is 3.85. The number of nitrogens with one attached hydrogen (secondary N) is 1. The van der Waals surface area contributed by atoms with E-state index >= 15 is 0 Å². The van der Waals surface area contributed by atoms with E-state index in [1.165, 1.54) is 18.2 Å². The second-order valence-corrected chi connectivity index (χ2v) is 7.88. The monoisotopic (exact) mass is 396 g/mol. The Labute approximate surface area is 155 Å². The van der Waals surface area contributed by atoms with Crippen LogP contribution in [0, 0.1) is 11.6 Å². The third-order valence-corrected chi connectivity index (χ3v) is 6.31. The van der Waals surface area contributed by atoms with Crippen LogP contribution in [0.2, 0.25) is 0 Å². The number of piperazine rings is 1. The Bertz CT molecular complexity index is 966. The minimum absolute atomic E-state index is 0.0840. The van der Waals surface area contributed by atoms with Crippen molar-refractivity contribution in [2.75, 3.05) is 26.7 Å². The van der Waals surface area contributed by atoms with Crippen molar-refractivity contribution in [3.8, 4) is 0 Å². The number of sulfonamides is 1. The fourth-order valence-electron chi connectivity index (χ4n) is 3.09. The van der Waals surface area contributed by atoms with Crippen molar-refractivity contribution < 1.29 is 26.7 Å². The Hall–Kier alpha value is -2.36. The maximum absolute atomic E-state index is 13.8. The topological polar surface area (TPSA) is 75.7 Å². The summed E-state index contributed by atoms with van der Waals surface area (Å²) in [6.07, 6.45) is 0. The molecule has 1 fully saturated rings. The maximum Gasteiger partial charge on any atom is 0.339 e. The SMILES string of the molecule is COC(=O)c1ccc(F)cc1S(=O)(=O)N1CCNCC1c1cccc(F)c1. The summed E-state index contributed by atoms with van der Waals surface area (Å²) in [7, 11) is -3.14. The molecule has 0 radical (unpaired) electrons. The van der Waals surface area contributed by atoms with Gasteiger partial charge in [-0.05, 0) is 35.9 Å². The number of hydrogen-bond acceptors (Lipinski definition) is 5. The molecule has 144 valence electrons. The molecule has 2 aromatic carbocycles. The Kier molecular flexibility index (Phi) is 5.54. The number of nitrogens with zero attached hydrogens (tertiary/aromatic N) is 1. The number of methoxy groups -OCH3 is 1. The number of benzene rings is 2. The highest BCUT2D eigenvalue weighted by atomic mass is 32.2. The van der Waals surface area contributed by atoms with Crippen LogP contribution in [-0.2, 0) is 14.8 Å². The number of esters is 1. The molecule has 0 amide bonds. The largest absolute Gasteiger partial charge is 0.465 e. The summed E-state index contributed by atoms with van der Waals surface area (Å²) < 4.78 is 59.8. The molecule has 0 aromatic heterocycles. The molecular weight excluding hydrogens is 378 g/mol. The van der Waals surface area contributed by atoms with Crippen molar-refractivity contribution >= 4 is 16.0 Å². The molecule has 2 aromatic rings. The first-order chi connectivity index (χ1) is 12.8. The minimum Gasteiger partial charge on any atom is -0.465 e. The van der Waals surface area contributed by atoms with Crippen molar-refractivity contribution in [3.63, 3.8) is 0 Å². The predicted octanol–water partition coefficient (Wildman–Crippen LogP) is 2.09. The first kappa shape index (κ1) is 19.4. The fourth-order valence-corrected chi connectivity index (χ4v) is 4.89. The molecular formula is C18H18F2N2O4S. The lowest BCUT2D eigenvalue weighted by molar-refractivity contribution is 0.0596. The quantitative estimate of drug-likeness (QED) is 0.801. The Balaban J connectivity index is 2.10. The van der Waals surface area contributed by atoms with Crippen molar-refractivity contribution in [1.82, 2.24) is 9.62 Å². The lowest BCUT2D eigenvalue weighted by atomic mass is 10.1. The standard InChI is InChI=1S/C18H18F2N2O4S/c1-26-18(23)15-6-5-14(20)10-17(15)27(24,25)22-8-7-21-11-16(22)12-3-2-4-13(19)9-12/h2-6,9-10,16,21H,7-8,11H2,1H3. The van der Waals surface area contributed by atoms with Crippen molar-refractivity contribution in [2.45, 2.75) is 10.9 Å². The Morgan fingerprint density at radius 3 is 2.63 bits per heavy atom. The highest BCUT2D eigenvalue weighted by Crippen LogP contribution is 2.31. The number of ether oxygens (including phenoxy) is 1. The summed E-state index contributed by atoms with van der Waals surface area (Å²) in [5, 5.41) is 3.07. The molecule has 1 unspecified atom stereocenters. The number of rotatable bonds is 4. The average Bonchev–Trinajstić information content (AvgIpc) is 2.67. The molecule has 0 bridgehead atoms. The van der Waals surface area contributed by atoms with E-state index in [2.05, 4.69) is 10.1 Å². The molecule has 0 spiro atoms. The zero-order valence-electron chi connectivity index (χ0n) is 14.5. The van der Waals surface area contributed by atoms with Crippen LogP contribution in [0.1, 0.15) is 22.0 Å². The summed E-state index contributed by atoms with van der Waals surface area (Å²) in [5.41, 5.74) is 0.206. The van der Waals surface area contributed by atoms with Crippen LogP contribution in [-0.4, -0.2) is 45.4 Å². The van der Waals surface area contributed by atoms with Crippen molar-refractivity contribution in [3.05, 3.63) is 65.2 Å². The van der Waals surface area contributed by atoms with Crippen LogP contribution < -0.4 is 5.32 Å². The van der Waals surface area contributed by atoms with Crippen LogP contribution in [0.15, 0.2) is 47.4 Å². The zero-order valence-corrected chi connectivity index (χ0v) is 15.3. The van der Waals surface area contributed by atoms with Crippen LogP contribution in [0.4, 0.5) is 8.78 Å². The van der Waals surface area contributed by atoms with E-state index in [9.17, 15) is 22.0 Å². The Morgan fingerprint density at radius 2 is 1.93 bits per heavy atom. The molecule has 1 heterocycles. The second-order valence-electron chi connectivity index (χ2n) is 6.02. The van der Waals surface area contributed by atoms with Crippen molar-refractivity contribution in [2.24, 2.45) is 0 Å². The number of hydrogen-bond donors (Lipinski definition) is 1. The van der Waals surface area contributed by atoms with Gasteiger partial charge in [-0.2, -0.15) is 4.31 Å². The van der Waals surface area contributed by atoms with Gasteiger partial charge in [0.15, 0.2) is 0 Å². The fraction of sp³-hybridized carbons (Fsp3) is 0.278. The molecule has 1 aliphatic rings. The summed E-state index contributed by atoms with van der Waals surface area (Å²) in [6.45, 7) is 0.708. The Morgan fingerprint density at radius 1 is 1.19 bits per heavy atom. The highest BCUT2D eigenvalue weighted by molar-refractivity contribution is 7.89. The second kappa shape index (κ2) is 7.71. The molecule has 0 saturated carbocycles. The molecule has 3 rings (SSSR count). The number of carbonyl (C=O) groups is 1.